The maximum atomic E-state index is 10.5. The molecule has 1 saturated heterocycles. The smallest absolute Gasteiger partial charge is 0.164 e. The van der Waals surface area contributed by atoms with Gasteiger partial charge in [-0.25, -0.2) is 0 Å². The minimum absolute atomic E-state index is 0.00995. The van der Waals surface area contributed by atoms with E-state index >= 15 is 0 Å². The lowest BCUT2D eigenvalue weighted by molar-refractivity contribution is 0.0646. The third-order valence-corrected chi connectivity index (χ3v) is 6.56. The number of aromatic hydroxyl groups is 2. The topological polar surface area (TPSA) is 73.2 Å². The molecule has 34 heavy (non-hydrogen) atoms. The molecule has 1 fully saturated rings. The number of rotatable bonds is 5. The molecular weight excluding hydrogens is 426 g/mol. The first kappa shape index (κ1) is 22.3. The van der Waals surface area contributed by atoms with Gasteiger partial charge in [-0.15, -0.1) is 0 Å². The summed E-state index contributed by atoms with van der Waals surface area (Å²) in [5.74, 6) is 0.123. The molecule has 3 aromatic carbocycles. The molecule has 3 N–H and O–H groups in total. The van der Waals surface area contributed by atoms with Crippen LogP contribution in [0.15, 0.2) is 72.3 Å². The number of aliphatic hydroxyl groups excluding tert-OH is 1. The Hall–Kier alpha value is -3.54. The molecule has 5 rings (SSSR count). The van der Waals surface area contributed by atoms with Gasteiger partial charge in [0.05, 0.1) is 0 Å². The van der Waals surface area contributed by atoms with Gasteiger partial charge in [0.25, 0.3) is 0 Å². The summed E-state index contributed by atoms with van der Waals surface area (Å²) in [6.45, 7) is 2.28. The molecule has 0 bridgehead atoms. The number of ether oxygens (including phenoxy) is 1. The van der Waals surface area contributed by atoms with Gasteiger partial charge in [-0.1, -0.05) is 66.3 Å². The second kappa shape index (κ2) is 9.75. The Morgan fingerprint density at radius 3 is 2.09 bits per heavy atom. The molecule has 3 aromatic rings. The predicted molar refractivity (Wildman–Crippen MR) is 135 cm³/mol. The van der Waals surface area contributed by atoms with Crippen molar-refractivity contribution in [2.45, 2.75) is 18.9 Å². The Kier molecular flexibility index (Phi) is 6.39. The summed E-state index contributed by atoms with van der Waals surface area (Å²) in [6.07, 6.45) is 5.60. The third-order valence-electron chi connectivity index (χ3n) is 6.56. The highest BCUT2D eigenvalue weighted by Crippen LogP contribution is 2.38. The van der Waals surface area contributed by atoms with Crippen LogP contribution in [0.5, 0.6) is 17.2 Å². The number of β-amino-alcohol motifs (C(OH)–C–C–N with tert-alkyl or cyclic N) is 1. The second-order valence-corrected chi connectivity index (χ2v) is 8.90. The van der Waals surface area contributed by atoms with E-state index < -0.39 is 6.10 Å². The normalized spacial score (nSPS) is 16.5. The Morgan fingerprint density at radius 2 is 1.44 bits per heavy atom. The second-order valence-electron chi connectivity index (χ2n) is 8.90. The van der Waals surface area contributed by atoms with Crippen LogP contribution in [0, 0.1) is 0 Å². The van der Waals surface area contributed by atoms with Crippen LogP contribution in [-0.4, -0.2) is 52.6 Å². The summed E-state index contributed by atoms with van der Waals surface area (Å²) in [5, 5.41) is 29.9. The first-order valence-electron chi connectivity index (χ1n) is 11.7. The van der Waals surface area contributed by atoms with Crippen molar-refractivity contribution in [2.24, 2.45) is 0 Å². The highest BCUT2D eigenvalue weighted by atomic mass is 16.5. The summed E-state index contributed by atoms with van der Waals surface area (Å²) < 4.78 is 5.53. The van der Waals surface area contributed by atoms with Crippen LogP contribution >= 0.6 is 0 Å². The lowest BCUT2D eigenvalue weighted by Gasteiger charge is -2.31. The van der Waals surface area contributed by atoms with Crippen molar-refractivity contribution in [3.05, 3.63) is 94.6 Å². The van der Waals surface area contributed by atoms with E-state index in [1.54, 1.807) is 0 Å². The van der Waals surface area contributed by atoms with Crippen molar-refractivity contribution in [2.75, 3.05) is 26.2 Å². The van der Waals surface area contributed by atoms with Gasteiger partial charge in [0.15, 0.2) is 11.5 Å². The number of fused-ring (bicyclic) bond motifs is 2. The lowest BCUT2D eigenvalue weighted by Crippen LogP contribution is -2.39. The molecule has 174 valence electrons. The van der Waals surface area contributed by atoms with E-state index in [0.717, 1.165) is 25.9 Å². The lowest BCUT2D eigenvalue weighted by atomic mass is 9.86. The van der Waals surface area contributed by atoms with E-state index in [1.807, 2.05) is 0 Å². The third kappa shape index (κ3) is 4.72. The molecule has 0 radical (unpaired) electrons. The summed E-state index contributed by atoms with van der Waals surface area (Å²) in [5.41, 5.74) is 7.85. The van der Waals surface area contributed by atoms with Crippen molar-refractivity contribution < 1.29 is 20.1 Å². The van der Waals surface area contributed by atoms with Crippen LogP contribution < -0.4 is 4.74 Å². The number of hydrogen-bond donors (Lipinski definition) is 3. The molecule has 0 spiro atoms. The highest BCUT2D eigenvalue weighted by molar-refractivity contribution is 5.94. The van der Waals surface area contributed by atoms with Gasteiger partial charge in [-0.2, -0.15) is 0 Å². The van der Waals surface area contributed by atoms with E-state index in [-0.39, 0.29) is 23.9 Å². The molecule has 1 aliphatic heterocycles. The quantitative estimate of drug-likeness (QED) is 0.373. The van der Waals surface area contributed by atoms with E-state index in [4.69, 9.17) is 4.74 Å². The first-order chi connectivity index (χ1) is 16.6. The van der Waals surface area contributed by atoms with Crippen molar-refractivity contribution >= 4 is 17.7 Å². The fraction of sp³-hybridized carbons (Fsp3) is 0.241. The SMILES string of the molecule is Oc1ccc(O)c(OCC(O)CN2CCC(=C3c4ccccc4C=Cc4ccccc43)CC2)c1. The van der Waals surface area contributed by atoms with E-state index in [0.29, 0.717) is 6.54 Å². The van der Waals surface area contributed by atoms with Crippen molar-refractivity contribution in [3.8, 4) is 17.2 Å². The van der Waals surface area contributed by atoms with Crippen LogP contribution in [0.25, 0.3) is 17.7 Å². The van der Waals surface area contributed by atoms with Crippen molar-refractivity contribution in [3.63, 3.8) is 0 Å². The number of benzene rings is 3. The highest BCUT2D eigenvalue weighted by Gasteiger charge is 2.23. The number of aliphatic hydroxyl groups is 1. The molecule has 0 saturated carbocycles. The van der Waals surface area contributed by atoms with Gasteiger partial charge in [0, 0.05) is 25.7 Å². The maximum Gasteiger partial charge on any atom is 0.164 e. The Balaban J connectivity index is 1.28. The number of nitrogens with zero attached hydrogens (tertiary/aromatic N) is 1. The summed E-state index contributed by atoms with van der Waals surface area (Å²) in [7, 11) is 0. The number of phenols is 2. The van der Waals surface area contributed by atoms with Crippen LogP contribution in [0.1, 0.15) is 35.1 Å². The average molecular weight is 456 g/mol. The fourth-order valence-electron chi connectivity index (χ4n) is 4.86. The van der Waals surface area contributed by atoms with Crippen molar-refractivity contribution in [1.29, 1.82) is 0 Å². The first-order valence-corrected chi connectivity index (χ1v) is 11.7. The molecule has 1 atom stereocenters. The Labute approximate surface area is 199 Å². The molecule has 2 aliphatic rings. The Bertz CT molecular complexity index is 1180. The fourth-order valence-corrected chi connectivity index (χ4v) is 4.86. The van der Waals surface area contributed by atoms with Gasteiger partial charge in [-0.3, -0.25) is 4.90 Å². The number of piperidine rings is 1. The molecule has 5 nitrogen and oxygen atoms in total. The molecule has 0 amide bonds. The molecule has 5 heteroatoms. The van der Waals surface area contributed by atoms with Gasteiger partial charge in [-0.05, 0) is 52.8 Å². The summed E-state index contributed by atoms with van der Waals surface area (Å²) >= 11 is 0. The van der Waals surface area contributed by atoms with E-state index in [9.17, 15) is 15.3 Å². The largest absolute Gasteiger partial charge is 0.508 e. The van der Waals surface area contributed by atoms with E-state index in [1.165, 1.54) is 51.6 Å². The molecule has 1 unspecified atom stereocenters. The number of hydrogen-bond acceptors (Lipinski definition) is 5. The van der Waals surface area contributed by atoms with Crippen molar-refractivity contribution in [1.82, 2.24) is 4.90 Å². The molecule has 1 heterocycles. The zero-order valence-corrected chi connectivity index (χ0v) is 19.0. The zero-order valence-electron chi connectivity index (χ0n) is 19.0. The average Bonchev–Trinajstić information content (AvgIpc) is 3.02. The number of phenolic OH excluding ortho intramolecular Hbond substituents is 2. The minimum atomic E-state index is -0.695. The summed E-state index contributed by atoms with van der Waals surface area (Å²) in [6, 6.07) is 21.3. The van der Waals surface area contributed by atoms with Crippen LogP contribution in [0.4, 0.5) is 0 Å². The maximum absolute atomic E-state index is 10.5. The number of likely N-dealkylation sites (tertiary alicyclic amines) is 1. The molecular formula is C29H29NO4. The van der Waals surface area contributed by atoms with Crippen LogP contribution in [0.2, 0.25) is 0 Å². The predicted octanol–water partition coefficient (Wildman–Crippen LogP) is 4.92. The monoisotopic (exact) mass is 455 g/mol. The van der Waals surface area contributed by atoms with E-state index in [2.05, 4.69) is 65.6 Å². The Morgan fingerprint density at radius 1 is 0.824 bits per heavy atom. The van der Waals surface area contributed by atoms with Gasteiger partial charge in [0.2, 0.25) is 0 Å². The molecule has 1 aliphatic carbocycles. The van der Waals surface area contributed by atoms with Crippen LogP contribution in [0.3, 0.4) is 0 Å². The van der Waals surface area contributed by atoms with Gasteiger partial charge in [0.1, 0.15) is 18.5 Å². The van der Waals surface area contributed by atoms with Gasteiger partial charge < -0.3 is 20.1 Å². The molecule has 0 aromatic heterocycles. The van der Waals surface area contributed by atoms with Gasteiger partial charge >= 0.3 is 0 Å². The van der Waals surface area contributed by atoms with Crippen LogP contribution in [-0.2, 0) is 0 Å². The minimum Gasteiger partial charge on any atom is -0.508 e. The standard InChI is InChI=1S/C29H29NO4/c31-23-11-12-27(33)28(17-23)34-19-24(32)18-30-15-13-22(14-16-30)29-25-7-3-1-5-20(25)9-10-21-6-2-4-8-26(21)29/h1-12,17,24,31-33H,13-16,18-19H2. The zero-order chi connectivity index (χ0) is 23.5. The summed E-state index contributed by atoms with van der Waals surface area (Å²) in [4.78, 5) is 2.26.